The van der Waals surface area contributed by atoms with Crippen LogP contribution in [0.2, 0.25) is 0 Å². The van der Waals surface area contributed by atoms with Crippen molar-refractivity contribution in [3.63, 3.8) is 0 Å². The molecule has 2 aromatic rings. The molecule has 0 unspecified atom stereocenters. The number of hydrogen-bond acceptors (Lipinski definition) is 6. The summed E-state index contributed by atoms with van der Waals surface area (Å²) in [5.74, 6) is -0.261. The maximum absolute atomic E-state index is 13.8. The number of nitrogens with zero attached hydrogens (tertiary/aromatic N) is 3. The first-order valence-electron chi connectivity index (χ1n) is 11.3. The zero-order valence-corrected chi connectivity index (χ0v) is 18.8. The third-order valence-electron chi connectivity index (χ3n) is 5.72. The van der Waals surface area contributed by atoms with Crippen molar-refractivity contribution in [3.05, 3.63) is 47.7 Å². The van der Waals surface area contributed by atoms with Crippen LogP contribution in [0.25, 0.3) is 11.3 Å². The Hall–Kier alpha value is -2.97. The minimum atomic E-state index is -0.136. The van der Waals surface area contributed by atoms with Gasteiger partial charge in [0.2, 0.25) is 0 Å². The Morgan fingerprint density at radius 3 is 2.44 bits per heavy atom. The number of aromatic nitrogens is 1. The second-order valence-electron chi connectivity index (χ2n) is 8.37. The van der Waals surface area contributed by atoms with Gasteiger partial charge in [-0.2, -0.15) is 0 Å². The smallest absolute Gasteiger partial charge is 0.255 e. The van der Waals surface area contributed by atoms with Gasteiger partial charge in [-0.15, -0.1) is 0 Å². The second-order valence-corrected chi connectivity index (χ2v) is 8.37. The van der Waals surface area contributed by atoms with Gasteiger partial charge in [0.05, 0.1) is 35.7 Å². The minimum absolute atomic E-state index is 0.125. The van der Waals surface area contributed by atoms with Crippen LogP contribution >= 0.6 is 0 Å². The van der Waals surface area contributed by atoms with Crippen LogP contribution in [0.3, 0.4) is 0 Å². The van der Waals surface area contributed by atoms with E-state index >= 15 is 0 Å². The van der Waals surface area contributed by atoms with Crippen molar-refractivity contribution in [2.24, 2.45) is 0 Å². The maximum atomic E-state index is 13.8. The summed E-state index contributed by atoms with van der Waals surface area (Å²) in [7, 11) is 0. The number of nitrogens with one attached hydrogen (secondary N) is 2. The number of carbonyl (C=O) groups is 2. The van der Waals surface area contributed by atoms with Gasteiger partial charge in [-0.05, 0) is 32.0 Å². The van der Waals surface area contributed by atoms with E-state index < -0.39 is 0 Å². The highest BCUT2D eigenvalue weighted by atomic mass is 16.5. The largest absolute Gasteiger partial charge is 0.381 e. The Bertz CT molecular complexity index is 966. The zero-order valence-electron chi connectivity index (χ0n) is 18.8. The van der Waals surface area contributed by atoms with Crippen molar-refractivity contribution >= 4 is 17.5 Å². The molecule has 0 radical (unpaired) electrons. The number of piperazine rings is 1. The molecule has 2 amide bonds. The van der Waals surface area contributed by atoms with E-state index in [9.17, 15) is 9.59 Å². The molecule has 2 aliphatic rings. The standard InChI is InChI=1S/C24H31N5O3/c1-17(2)27-20-7-4-8-26-22(20)18-5-3-6-19(23(30)29-13-15-32-16-14-29)21(18)24(31)28-11-9-25-10-12-28/h3-8,17,25,27H,9-16H2,1-2H3. The van der Waals surface area contributed by atoms with E-state index in [1.165, 1.54) is 0 Å². The summed E-state index contributed by atoms with van der Waals surface area (Å²) in [6.45, 7) is 8.88. The van der Waals surface area contributed by atoms with E-state index in [-0.39, 0.29) is 17.9 Å². The molecule has 0 saturated carbocycles. The molecule has 8 nitrogen and oxygen atoms in total. The Labute approximate surface area is 188 Å². The molecular weight excluding hydrogens is 406 g/mol. The summed E-state index contributed by atoms with van der Waals surface area (Å²) in [6.07, 6.45) is 1.72. The summed E-state index contributed by atoms with van der Waals surface area (Å²) < 4.78 is 5.41. The molecule has 3 heterocycles. The third kappa shape index (κ3) is 4.76. The first kappa shape index (κ1) is 22.2. The lowest BCUT2D eigenvalue weighted by Crippen LogP contribution is -2.47. The lowest BCUT2D eigenvalue weighted by Gasteiger charge is -2.31. The predicted octanol–water partition coefficient (Wildman–Crippen LogP) is 2.09. The summed E-state index contributed by atoms with van der Waals surface area (Å²) in [5.41, 5.74) is 3.05. The predicted molar refractivity (Wildman–Crippen MR) is 124 cm³/mol. The third-order valence-corrected chi connectivity index (χ3v) is 5.72. The van der Waals surface area contributed by atoms with Crippen molar-refractivity contribution in [1.29, 1.82) is 0 Å². The number of hydrogen-bond donors (Lipinski definition) is 2. The summed E-state index contributed by atoms with van der Waals surface area (Å²) >= 11 is 0. The maximum Gasteiger partial charge on any atom is 0.255 e. The van der Waals surface area contributed by atoms with E-state index in [1.54, 1.807) is 17.2 Å². The number of anilines is 1. The zero-order chi connectivity index (χ0) is 22.5. The number of morpholine rings is 1. The number of carbonyl (C=O) groups excluding carboxylic acids is 2. The SMILES string of the molecule is CC(C)Nc1cccnc1-c1cccc(C(=O)N2CCOCC2)c1C(=O)N1CCNCC1. The van der Waals surface area contributed by atoms with Gasteiger partial charge in [-0.3, -0.25) is 14.6 Å². The molecule has 1 aromatic heterocycles. The Morgan fingerprint density at radius 2 is 1.72 bits per heavy atom. The molecule has 2 N–H and O–H groups in total. The van der Waals surface area contributed by atoms with Crippen molar-refractivity contribution in [3.8, 4) is 11.3 Å². The van der Waals surface area contributed by atoms with Gasteiger partial charge in [-0.25, -0.2) is 0 Å². The number of pyridine rings is 1. The average Bonchev–Trinajstić information content (AvgIpc) is 2.84. The molecule has 2 fully saturated rings. The lowest BCUT2D eigenvalue weighted by atomic mass is 9.95. The summed E-state index contributed by atoms with van der Waals surface area (Å²) in [5, 5.41) is 6.70. The van der Waals surface area contributed by atoms with Crippen LogP contribution in [0.5, 0.6) is 0 Å². The van der Waals surface area contributed by atoms with Gasteiger partial charge in [0.25, 0.3) is 11.8 Å². The summed E-state index contributed by atoms with van der Waals surface area (Å²) in [4.78, 5) is 35.5. The fraction of sp³-hybridized carbons (Fsp3) is 0.458. The topological polar surface area (TPSA) is 86.8 Å². The monoisotopic (exact) mass is 437 g/mol. The van der Waals surface area contributed by atoms with Gasteiger partial charge in [0.1, 0.15) is 0 Å². The fourth-order valence-corrected chi connectivity index (χ4v) is 4.17. The van der Waals surface area contributed by atoms with Gasteiger partial charge >= 0.3 is 0 Å². The molecule has 0 bridgehead atoms. The molecule has 1 aromatic carbocycles. The highest BCUT2D eigenvalue weighted by molar-refractivity contribution is 6.11. The van der Waals surface area contributed by atoms with Crippen molar-refractivity contribution in [1.82, 2.24) is 20.1 Å². The number of ether oxygens (including phenoxy) is 1. The molecule has 8 heteroatoms. The highest BCUT2D eigenvalue weighted by Crippen LogP contribution is 2.32. The van der Waals surface area contributed by atoms with Gasteiger partial charge < -0.3 is 25.2 Å². The van der Waals surface area contributed by atoms with Crippen molar-refractivity contribution < 1.29 is 14.3 Å². The average molecular weight is 438 g/mol. The van der Waals surface area contributed by atoms with Crippen molar-refractivity contribution in [2.45, 2.75) is 19.9 Å². The molecule has 0 aliphatic carbocycles. The van der Waals surface area contributed by atoms with Gasteiger partial charge in [0, 0.05) is 57.1 Å². The first-order chi connectivity index (χ1) is 15.6. The van der Waals surface area contributed by atoms with Gasteiger partial charge in [0.15, 0.2) is 0 Å². The second kappa shape index (κ2) is 10.1. The molecule has 2 aliphatic heterocycles. The quantitative estimate of drug-likeness (QED) is 0.745. The Morgan fingerprint density at radius 1 is 1.00 bits per heavy atom. The van der Waals surface area contributed by atoms with Crippen LogP contribution < -0.4 is 10.6 Å². The molecule has 4 rings (SSSR count). The lowest BCUT2D eigenvalue weighted by molar-refractivity contribution is 0.0301. The number of amides is 2. The summed E-state index contributed by atoms with van der Waals surface area (Å²) in [6, 6.07) is 9.51. The Kier molecular flexibility index (Phi) is 7.02. The molecule has 2 saturated heterocycles. The Balaban J connectivity index is 1.83. The fourth-order valence-electron chi connectivity index (χ4n) is 4.17. The molecule has 170 valence electrons. The number of rotatable bonds is 5. The molecule has 0 atom stereocenters. The minimum Gasteiger partial charge on any atom is -0.381 e. The van der Waals surface area contributed by atoms with Crippen LogP contribution in [0, 0.1) is 0 Å². The highest BCUT2D eigenvalue weighted by Gasteiger charge is 2.30. The number of benzene rings is 1. The van der Waals surface area contributed by atoms with Crippen LogP contribution in [-0.4, -0.2) is 85.1 Å². The van der Waals surface area contributed by atoms with Crippen LogP contribution in [-0.2, 0) is 4.74 Å². The van der Waals surface area contributed by atoms with Gasteiger partial charge in [-0.1, -0.05) is 12.1 Å². The van der Waals surface area contributed by atoms with Crippen LogP contribution in [0.1, 0.15) is 34.6 Å². The van der Waals surface area contributed by atoms with E-state index in [0.29, 0.717) is 61.8 Å². The van der Waals surface area contributed by atoms with E-state index in [2.05, 4.69) is 29.5 Å². The van der Waals surface area contributed by atoms with E-state index in [0.717, 1.165) is 18.8 Å². The molecule has 32 heavy (non-hydrogen) atoms. The van der Waals surface area contributed by atoms with Crippen LogP contribution in [0.15, 0.2) is 36.5 Å². The van der Waals surface area contributed by atoms with E-state index in [1.807, 2.05) is 29.2 Å². The van der Waals surface area contributed by atoms with Crippen molar-refractivity contribution in [2.75, 3.05) is 57.8 Å². The first-order valence-corrected chi connectivity index (χ1v) is 11.3. The molecule has 0 spiro atoms. The van der Waals surface area contributed by atoms with E-state index in [4.69, 9.17) is 4.74 Å². The van der Waals surface area contributed by atoms with Crippen LogP contribution in [0.4, 0.5) is 5.69 Å². The molecular formula is C24H31N5O3. The normalized spacial score (nSPS) is 16.8.